The fraction of sp³-hybridized carbons (Fsp3) is 0.290. The van der Waals surface area contributed by atoms with E-state index in [-0.39, 0.29) is 5.91 Å². The first-order chi connectivity index (χ1) is 20.5. The lowest BCUT2D eigenvalue weighted by molar-refractivity contribution is 0.102. The third-order valence-electron chi connectivity index (χ3n) is 6.79. The molecule has 0 saturated carbocycles. The highest BCUT2D eigenvalue weighted by Crippen LogP contribution is 2.25. The second-order valence-electron chi connectivity index (χ2n) is 10.5. The Balaban J connectivity index is 0.000000782. The maximum absolute atomic E-state index is 13.0. The Hall–Kier alpha value is -4.23. The Labute approximate surface area is 252 Å². The van der Waals surface area contributed by atoms with Crippen molar-refractivity contribution in [3.63, 3.8) is 0 Å². The van der Waals surface area contributed by atoms with E-state index in [1.54, 1.807) is 18.6 Å². The Bertz CT molecular complexity index is 1610. The second-order valence-corrected chi connectivity index (χ2v) is 11.9. The van der Waals surface area contributed by atoms with E-state index in [1.807, 2.05) is 55.5 Å². The molecule has 0 unspecified atom stereocenters. The molecule has 1 fully saturated rings. The van der Waals surface area contributed by atoms with Crippen molar-refractivity contribution in [2.24, 2.45) is 0 Å². The first kappa shape index (κ1) is 31.7. The van der Waals surface area contributed by atoms with Crippen LogP contribution in [-0.4, -0.2) is 83.1 Å². The maximum Gasteiger partial charge on any atom is 0.261 e. The van der Waals surface area contributed by atoms with Gasteiger partial charge in [-0.25, -0.2) is 9.97 Å². The number of rotatable bonds is 7. The minimum absolute atomic E-state index is 0.141. The van der Waals surface area contributed by atoms with Crippen LogP contribution in [0.5, 0.6) is 0 Å². The highest BCUT2D eigenvalue weighted by molar-refractivity contribution is 7.85. The summed E-state index contributed by atoms with van der Waals surface area (Å²) < 4.78 is 25.9. The number of amides is 1. The molecule has 3 N–H and O–H groups in total. The highest BCUT2D eigenvalue weighted by Gasteiger charge is 2.13. The lowest BCUT2D eigenvalue weighted by Crippen LogP contribution is -2.28. The second kappa shape index (κ2) is 14.8. The molecule has 3 heterocycles. The van der Waals surface area contributed by atoms with Crippen LogP contribution in [0.4, 0.5) is 17.3 Å². The molecular weight excluding hydrogens is 566 g/mol. The Morgan fingerprint density at radius 3 is 2.49 bits per heavy atom. The molecule has 11 nitrogen and oxygen atoms in total. The number of likely N-dealkylation sites (N-methyl/N-ethyl adjacent to an activating group) is 1. The summed E-state index contributed by atoms with van der Waals surface area (Å²) in [6, 6.07) is 19.4. The molecule has 2 aromatic carbocycles. The third-order valence-corrected chi connectivity index (χ3v) is 6.79. The number of carbonyl (C=O) groups is 1. The zero-order chi connectivity index (χ0) is 30.8. The van der Waals surface area contributed by atoms with Crippen molar-refractivity contribution in [2.75, 3.05) is 50.1 Å². The zero-order valence-corrected chi connectivity index (χ0v) is 25.4. The van der Waals surface area contributed by atoms with Crippen LogP contribution < -0.4 is 10.6 Å². The largest absolute Gasteiger partial charge is 0.324 e. The standard InChI is InChI=1S/C30H33N7O.CH4O3S/c1-22-6-11-26(19-28(22)35-30-32-14-12-27(34-30)25-5-3-13-31-20-25)33-29(38)24-9-7-23(8-10-24)21-37-16-4-15-36(2)17-18-37;1-5(2,3)4/h3,5-14,19-20H,4,15-18,21H2,1-2H3,(H,33,38)(H,32,34,35);1H3,(H,2,3,4). The molecule has 0 bridgehead atoms. The number of carbonyl (C=O) groups excluding carboxylic acids is 1. The molecule has 12 heteroatoms. The molecule has 1 aliphatic rings. The van der Waals surface area contributed by atoms with Gasteiger partial charge in [0.2, 0.25) is 5.95 Å². The monoisotopic (exact) mass is 603 g/mol. The number of benzene rings is 2. The zero-order valence-electron chi connectivity index (χ0n) is 24.6. The number of aryl methyl sites for hydroxylation is 1. The van der Waals surface area contributed by atoms with Gasteiger partial charge in [0.05, 0.1) is 11.9 Å². The van der Waals surface area contributed by atoms with Gasteiger partial charge in [-0.1, -0.05) is 18.2 Å². The van der Waals surface area contributed by atoms with Crippen molar-refractivity contribution in [2.45, 2.75) is 19.9 Å². The van der Waals surface area contributed by atoms with Crippen LogP contribution in [-0.2, 0) is 16.7 Å². The van der Waals surface area contributed by atoms with Gasteiger partial charge in [-0.05, 0) is 87.1 Å². The van der Waals surface area contributed by atoms with Gasteiger partial charge in [-0.3, -0.25) is 19.2 Å². The summed E-state index contributed by atoms with van der Waals surface area (Å²) >= 11 is 0. The molecule has 0 radical (unpaired) electrons. The van der Waals surface area contributed by atoms with E-state index < -0.39 is 10.1 Å². The average molecular weight is 604 g/mol. The minimum atomic E-state index is -3.67. The van der Waals surface area contributed by atoms with Gasteiger partial charge in [0.25, 0.3) is 16.0 Å². The maximum atomic E-state index is 13.0. The fourth-order valence-corrected chi connectivity index (χ4v) is 4.53. The molecule has 2 aromatic heterocycles. The summed E-state index contributed by atoms with van der Waals surface area (Å²) in [6.45, 7) is 7.33. The molecule has 1 saturated heterocycles. The van der Waals surface area contributed by atoms with Gasteiger partial charge in [-0.2, -0.15) is 8.42 Å². The van der Waals surface area contributed by atoms with E-state index in [0.29, 0.717) is 23.5 Å². The molecule has 43 heavy (non-hydrogen) atoms. The van der Waals surface area contributed by atoms with Crippen molar-refractivity contribution in [3.8, 4) is 11.3 Å². The molecule has 1 amide bonds. The molecule has 0 spiro atoms. The summed E-state index contributed by atoms with van der Waals surface area (Å²) in [6.07, 6.45) is 7.12. The van der Waals surface area contributed by atoms with E-state index in [9.17, 15) is 13.2 Å². The Morgan fingerprint density at radius 2 is 1.77 bits per heavy atom. The molecule has 5 rings (SSSR count). The van der Waals surface area contributed by atoms with Gasteiger partial charge < -0.3 is 15.5 Å². The van der Waals surface area contributed by atoms with Crippen LogP contribution in [0, 0.1) is 6.92 Å². The third kappa shape index (κ3) is 10.5. The van der Waals surface area contributed by atoms with Crippen molar-refractivity contribution in [1.29, 1.82) is 0 Å². The molecule has 226 valence electrons. The molecule has 1 aliphatic heterocycles. The quantitative estimate of drug-likeness (QED) is 0.259. The number of pyridine rings is 1. The van der Waals surface area contributed by atoms with Crippen LogP contribution in [0.25, 0.3) is 11.3 Å². The van der Waals surface area contributed by atoms with E-state index in [0.717, 1.165) is 55.2 Å². The van der Waals surface area contributed by atoms with Gasteiger partial charge in [0.15, 0.2) is 0 Å². The summed E-state index contributed by atoms with van der Waals surface area (Å²) in [5.74, 6) is 0.335. The molecular formula is C31H37N7O4S. The van der Waals surface area contributed by atoms with Crippen LogP contribution in [0.1, 0.15) is 27.9 Å². The number of nitrogens with one attached hydrogen (secondary N) is 2. The number of anilines is 3. The predicted octanol–water partition coefficient (Wildman–Crippen LogP) is 4.48. The van der Waals surface area contributed by atoms with Gasteiger partial charge in [0.1, 0.15) is 0 Å². The van der Waals surface area contributed by atoms with Gasteiger partial charge in [-0.15, -0.1) is 0 Å². The lowest BCUT2D eigenvalue weighted by atomic mass is 10.1. The van der Waals surface area contributed by atoms with Gasteiger partial charge >= 0.3 is 0 Å². The van der Waals surface area contributed by atoms with E-state index in [4.69, 9.17) is 4.55 Å². The van der Waals surface area contributed by atoms with E-state index in [2.05, 4.69) is 54.6 Å². The first-order valence-corrected chi connectivity index (χ1v) is 15.7. The summed E-state index contributed by atoms with van der Waals surface area (Å²) in [5, 5.41) is 6.31. The number of nitrogens with zero attached hydrogens (tertiary/aromatic N) is 5. The molecule has 0 aliphatic carbocycles. The van der Waals surface area contributed by atoms with Crippen LogP contribution in [0.2, 0.25) is 0 Å². The van der Waals surface area contributed by atoms with Crippen LogP contribution in [0.15, 0.2) is 79.3 Å². The lowest BCUT2D eigenvalue weighted by Gasteiger charge is -2.20. The van der Waals surface area contributed by atoms with Crippen LogP contribution in [0.3, 0.4) is 0 Å². The SMILES string of the molecule is CS(=O)(=O)O.Cc1ccc(NC(=O)c2ccc(CN3CCCN(C)CC3)cc2)cc1Nc1nccc(-c2cccnc2)n1. The minimum Gasteiger partial charge on any atom is -0.324 e. The Morgan fingerprint density at radius 1 is 1.00 bits per heavy atom. The normalized spacial score (nSPS) is 14.2. The van der Waals surface area contributed by atoms with Crippen molar-refractivity contribution in [3.05, 3.63) is 95.9 Å². The van der Waals surface area contributed by atoms with Crippen LogP contribution >= 0.6 is 0 Å². The van der Waals surface area contributed by atoms with Crippen molar-refractivity contribution >= 4 is 33.3 Å². The van der Waals surface area contributed by atoms with Gasteiger partial charge in [0, 0.05) is 60.7 Å². The summed E-state index contributed by atoms with van der Waals surface area (Å²) in [7, 11) is -1.49. The van der Waals surface area contributed by atoms with Crippen molar-refractivity contribution < 1.29 is 17.8 Å². The van der Waals surface area contributed by atoms with Crippen molar-refractivity contribution in [1.82, 2.24) is 24.8 Å². The van der Waals surface area contributed by atoms with E-state index in [1.165, 1.54) is 12.0 Å². The summed E-state index contributed by atoms with van der Waals surface area (Å²) in [5.41, 5.74) is 6.09. The number of aromatic nitrogens is 3. The first-order valence-electron chi connectivity index (χ1n) is 13.9. The number of hydrogen-bond acceptors (Lipinski definition) is 9. The molecule has 0 atom stereocenters. The van der Waals surface area contributed by atoms with E-state index >= 15 is 0 Å². The topological polar surface area (TPSA) is 141 Å². The molecule has 4 aromatic rings. The highest BCUT2D eigenvalue weighted by atomic mass is 32.2. The smallest absolute Gasteiger partial charge is 0.261 e. The fourth-order valence-electron chi connectivity index (χ4n) is 4.53. The predicted molar refractivity (Wildman–Crippen MR) is 169 cm³/mol. The average Bonchev–Trinajstić information content (AvgIpc) is 3.18. The summed E-state index contributed by atoms with van der Waals surface area (Å²) in [4.78, 5) is 31.0. The Kier molecular flexibility index (Phi) is 10.9. The number of hydrogen-bond donors (Lipinski definition) is 3.